The van der Waals surface area contributed by atoms with Crippen LogP contribution in [0.1, 0.15) is 40.5 Å². The predicted octanol–water partition coefficient (Wildman–Crippen LogP) is 3.66. The summed E-state index contributed by atoms with van der Waals surface area (Å²) in [5, 5.41) is 0. The standard InChI is InChI=1S/C11H21ClO/c1-5-11(3,4)9-6-8(2)7-13-10(9)12/h8-10H,5-7H2,1-4H3. The molecule has 0 aromatic heterocycles. The summed E-state index contributed by atoms with van der Waals surface area (Å²) >= 11 is 6.19. The molecule has 0 spiro atoms. The first-order chi connectivity index (χ1) is 5.97. The third-order valence-corrected chi connectivity index (χ3v) is 3.86. The predicted molar refractivity (Wildman–Crippen MR) is 56.9 cm³/mol. The summed E-state index contributed by atoms with van der Waals surface area (Å²) in [5.41, 5.74) is 0.229. The van der Waals surface area contributed by atoms with E-state index in [0.717, 1.165) is 13.0 Å². The van der Waals surface area contributed by atoms with Gasteiger partial charge in [0, 0.05) is 5.92 Å². The number of ether oxygens (including phenoxy) is 1. The lowest BCUT2D eigenvalue weighted by Gasteiger charge is -2.41. The van der Waals surface area contributed by atoms with E-state index in [1.807, 2.05) is 0 Å². The van der Waals surface area contributed by atoms with Crippen LogP contribution in [0, 0.1) is 17.3 Å². The second kappa shape index (κ2) is 4.18. The highest BCUT2D eigenvalue weighted by Crippen LogP contribution is 2.42. The van der Waals surface area contributed by atoms with Gasteiger partial charge in [-0.25, -0.2) is 0 Å². The van der Waals surface area contributed by atoms with Crippen LogP contribution in [0.3, 0.4) is 0 Å². The number of rotatable bonds is 2. The van der Waals surface area contributed by atoms with E-state index in [-0.39, 0.29) is 5.56 Å². The van der Waals surface area contributed by atoms with E-state index in [1.54, 1.807) is 0 Å². The summed E-state index contributed by atoms with van der Waals surface area (Å²) in [7, 11) is 0. The molecule has 0 aliphatic carbocycles. The fraction of sp³-hybridized carbons (Fsp3) is 1.00. The minimum Gasteiger partial charge on any atom is -0.362 e. The molecule has 1 rings (SSSR count). The Labute approximate surface area is 86.8 Å². The summed E-state index contributed by atoms with van der Waals surface area (Å²) in [6.07, 6.45) is 2.37. The average molecular weight is 205 g/mol. The first-order valence-electron chi connectivity index (χ1n) is 5.23. The van der Waals surface area contributed by atoms with Gasteiger partial charge in [0.1, 0.15) is 5.56 Å². The van der Waals surface area contributed by atoms with Crippen molar-refractivity contribution in [1.82, 2.24) is 0 Å². The van der Waals surface area contributed by atoms with Crippen molar-refractivity contribution < 1.29 is 4.74 Å². The maximum Gasteiger partial charge on any atom is 0.134 e. The highest BCUT2D eigenvalue weighted by Gasteiger charge is 2.37. The van der Waals surface area contributed by atoms with Gasteiger partial charge >= 0.3 is 0 Å². The van der Waals surface area contributed by atoms with Crippen LogP contribution >= 0.6 is 11.6 Å². The Morgan fingerprint density at radius 1 is 1.46 bits per heavy atom. The zero-order valence-electron chi connectivity index (χ0n) is 9.14. The molecule has 1 aliphatic rings. The van der Waals surface area contributed by atoms with Crippen molar-refractivity contribution in [2.75, 3.05) is 6.61 Å². The Morgan fingerprint density at radius 3 is 2.62 bits per heavy atom. The molecule has 0 radical (unpaired) electrons. The summed E-state index contributed by atoms with van der Waals surface area (Å²) < 4.78 is 5.56. The van der Waals surface area contributed by atoms with Gasteiger partial charge in [-0.3, -0.25) is 0 Å². The molecule has 3 atom stereocenters. The van der Waals surface area contributed by atoms with E-state index in [9.17, 15) is 0 Å². The molecule has 1 saturated heterocycles. The lowest BCUT2D eigenvalue weighted by atomic mass is 9.72. The molecular weight excluding hydrogens is 184 g/mol. The minimum absolute atomic E-state index is 0.0776. The first-order valence-corrected chi connectivity index (χ1v) is 5.66. The zero-order valence-corrected chi connectivity index (χ0v) is 9.90. The molecule has 0 N–H and O–H groups in total. The Bertz CT molecular complexity index is 167. The summed E-state index contributed by atoms with van der Waals surface area (Å²) in [6, 6.07) is 0. The van der Waals surface area contributed by atoms with Gasteiger partial charge < -0.3 is 4.74 Å². The van der Waals surface area contributed by atoms with Crippen LogP contribution in [0.25, 0.3) is 0 Å². The minimum atomic E-state index is -0.0776. The molecule has 1 heterocycles. The third kappa shape index (κ3) is 2.60. The van der Waals surface area contributed by atoms with E-state index in [0.29, 0.717) is 17.3 Å². The van der Waals surface area contributed by atoms with Crippen molar-refractivity contribution in [3.63, 3.8) is 0 Å². The smallest absolute Gasteiger partial charge is 0.134 e. The SMILES string of the molecule is CCC(C)(C)C1CC(C)COC1Cl. The molecule has 0 saturated carbocycles. The van der Waals surface area contributed by atoms with Crippen LogP contribution < -0.4 is 0 Å². The molecule has 1 fully saturated rings. The van der Waals surface area contributed by atoms with Crippen LogP contribution in [0.4, 0.5) is 0 Å². The van der Waals surface area contributed by atoms with Gasteiger partial charge in [-0.2, -0.15) is 0 Å². The fourth-order valence-electron chi connectivity index (χ4n) is 1.92. The molecule has 0 aromatic carbocycles. The summed E-state index contributed by atoms with van der Waals surface area (Å²) in [6.45, 7) is 9.86. The normalized spacial score (nSPS) is 36.2. The van der Waals surface area contributed by atoms with Crippen molar-refractivity contribution in [2.45, 2.75) is 46.1 Å². The van der Waals surface area contributed by atoms with Gasteiger partial charge in [0.15, 0.2) is 0 Å². The van der Waals surface area contributed by atoms with Gasteiger partial charge in [-0.15, -0.1) is 0 Å². The van der Waals surface area contributed by atoms with Crippen molar-refractivity contribution in [3.8, 4) is 0 Å². The van der Waals surface area contributed by atoms with Crippen LogP contribution in [-0.2, 0) is 4.74 Å². The first kappa shape index (κ1) is 11.3. The topological polar surface area (TPSA) is 9.23 Å². The maximum atomic E-state index is 6.19. The number of hydrogen-bond donors (Lipinski definition) is 0. The lowest BCUT2D eigenvalue weighted by Crippen LogP contribution is -2.38. The second-order valence-corrected chi connectivity index (χ2v) is 5.40. The molecule has 78 valence electrons. The van der Waals surface area contributed by atoms with Crippen molar-refractivity contribution in [3.05, 3.63) is 0 Å². The van der Waals surface area contributed by atoms with Gasteiger partial charge in [-0.05, 0) is 17.8 Å². The monoisotopic (exact) mass is 204 g/mol. The largest absolute Gasteiger partial charge is 0.362 e. The van der Waals surface area contributed by atoms with E-state index in [4.69, 9.17) is 16.3 Å². The van der Waals surface area contributed by atoms with Crippen LogP contribution in [0.15, 0.2) is 0 Å². The van der Waals surface area contributed by atoms with E-state index >= 15 is 0 Å². The molecule has 0 aromatic rings. The Balaban J connectivity index is 2.65. The van der Waals surface area contributed by atoms with Crippen molar-refractivity contribution >= 4 is 11.6 Å². The lowest BCUT2D eigenvalue weighted by molar-refractivity contribution is -0.0493. The zero-order chi connectivity index (χ0) is 10.1. The molecule has 1 aliphatic heterocycles. The van der Waals surface area contributed by atoms with E-state index in [2.05, 4.69) is 27.7 Å². The van der Waals surface area contributed by atoms with Crippen molar-refractivity contribution in [2.24, 2.45) is 17.3 Å². The quantitative estimate of drug-likeness (QED) is 0.624. The van der Waals surface area contributed by atoms with Gasteiger partial charge in [0.05, 0.1) is 6.61 Å². The Morgan fingerprint density at radius 2 is 2.08 bits per heavy atom. The van der Waals surface area contributed by atoms with Gasteiger partial charge in [0.25, 0.3) is 0 Å². The van der Waals surface area contributed by atoms with Crippen molar-refractivity contribution in [1.29, 1.82) is 0 Å². The number of hydrogen-bond acceptors (Lipinski definition) is 1. The van der Waals surface area contributed by atoms with E-state index in [1.165, 1.54) is 6.42 Å². The van der Waals surface area contributed by atoms with E-state index < -0.39 is 0 Å². The van der Waals surface area contributed by atoms with Crippen LogP contribution in [0.2, 0.25) is 0 Å². The highest BCUT2D eigenvalue weighted by atomic mass is 35.5. The Hall–Kier alpha value is 0.250. The fourth-order valence-corrected chi connectivity index (χ4v) is 2.43. The molecular formula is C11H21ClO. The third-order valence-electron chi connectivity index (χ3n) is 3.43. The van der Waals surface area contributed by atoms with Gasteiger partial charge in [-0.1, -0.05) is 45.7 Å². The molecule has 0 bridgehead atoms. The molecule has 3 unspecified atom stereocenters. The molecule has 1 nitrogen and oxygen atoms in total. The maximum absolute atomic E-state index is 6.19. The molecule has 2 heteroatoms. The summed E-state index contributed by atoms with van der Waals surface area (Å²) in [4.78, 5) is 0. The summed E-state index contributed by atoms with van der Waals surface area (Å²) in [5.74, 6) is 1.16. The highest BCUT2D eigenvalue weighted by molar-refractivity contribution is 6.19. The molecule has 13 heavy (non-hydrogen) atoms. The Kier molecular flexibility index (Phi) is 3.64. The van der Waals surface area contributed by atoms with Gasteiger partial charge in [0.2, 0.25) is 0 Å². The molecule has 0 amide bonds. The number of halogens is 1. The van der Waals surface area contributed by atoms with Crippen LogP contribution in [-0.4, -0.2) is 12.2 Å². The average Bonchev–Trinajstić information content (AvgIpc) is 2.09. The van der Waals surface area contributed by atoms with Crippen LogP contribution in [0.5, 0.6) is 0 Å². The number of alkyl halides is 1. The second-order valence-electron chi connectivity index (χ2n) is 4.97.